The van der Waals surface area contributed by atoms with Gasteiger partial charge in [0.1, 0.15) is 11.5 Å². The number of benzene rings is 5. The number of fused-ring (bicyclic) bond motifs is 2. The minimum absolute atomic E-state index is 0.0324. The van der Waals surface area contributed by atoms with E-state index in [9.17, 15) is 4.21 Å². The smallest absolute Gasteiger partial charge is 0.139 e. The van der Waals surface area contributed by atoms with Crippen LogP contribution in [0.1, 0.15) is 89.2 Å². The van der Waals surface area contributed by atoms with Crippen LogP contribution in [0.2, 0.25) is 0 Å². The lowest BCUT2D eigenvalue weighted by Gasteiger charge is -2.38. The molecule has 0 unspecified atom stereocenters. The molecule has 5 heteroatoms. The fourth-order valence-electron chi connectivity index (χ4n) is 6.29. The zero-order valence-corrected chi connectivity index (χ0v) is 30.5. The molecule has 6 rings (SSSR count). The van der Waals surface area contributed by atoms with Crippen molar-refractivity contribution in [2.24, 2.45) is 0 Å². The van der Waals surface area contributed by atoms with E-state index < -0.39 is 23.7 Å². The molecule has 1 heterocycles. The molecule has 0 radical (unpaired) electrons. The van der Waals surface area contributed by atoms with Crippen LogP contribution < -0.4 is 25.4 Å². The molecule has 0 saturated heterocycles. The number of hydrogen-bond donors (Lipinski definition) is 1. The Balaban J connectivity index is 1.54. The molecule has 2 atom stereocenters. The summed E-state index contributed by atoms with van der Waals surface area (Å²) in [6.07, 6.45) is 0. The Bertz CT molecular complexity index is 1850. The predicted molar refractivity (Wildman–Crippen MR) is 202 cm³/mol. The molecule has 47 heavy (non-hydrogen) atoms. The summed E-state index contributed by atoms with van der Waals surface area (Å²) < 4.78 is 24.1. The van der Waals surface area contributed by atoms with Crippen LogP contribution in [0.15, 0.2) is 121 Å². The number of hydrogen-bond acceptors (Lipinski definition) is 2. The van der Waals surface area contributed by atoms with E-state index in [1.165, 1.54) is 27.0 Å². The monoisotopic (exact) mass is 659 g/mol. The highest BCUT2D eigenvalue weighted by Crippen LogP contribution is 2.52. The van der Waals surface area contributed by atoms with E-state index in [0.717, 1.165) is 28.2 Å². The Kier molecular flexibility index (Phi) is 9.09. The molecule has 242 valence electrons. The fraction of sp³-hybridized carbons (Fsp3) is 0.286. The van der Waals surface area contributed by atoms with Crippen molar-refractivity contribution in [2.45, 2.75) is 77.0 Å². The maximum absolute atomic E-state index is 13.8. The van der Waals surface area contributed by atoms with Gasteiger partial charge in [0.05, 0.1) is 21.8 Å². The van der Waals surface area contributed by atoms with Crippen molar-refractivity contribution in [3.63, 3.8) is 0 Å². The van der Waals surface area contributed by atoms with Crippen LogP contribution in [0.3, 0.4) is 0 Å². The summed E-state index contributed by atoms with van der Waals surface area (Å²) in [5.41, 5.74) is 5.32. The topological polar surface area (TPSA) is 38.3 Å². The number of ether oxygens (including phenoxy) is 1. The first kappa shape index (κ1) is 33.3. The second-order valence-corrected chi connectivity index (χ2v) is 19.1. The van der Waals surface area contributed by atoms with Crippen LogP contribution in [0.25, 0.3) is 0 Å². The van der Waals surface area contributed by atoms with Crippen molar-refractivity contribution in [1.29, 1.82) is 0 Å². The maximum atomic E-state index is 13.8. The minimum Gasteiger partial charge on any atom is -0.456 e. The summed E-state index contributed by atoms with van der Waals surface area (Å²) in [7, 11) is -2.21. The average molecular weight is 660 g/mol. The van der Waals surface area contributed by atoms with E-state index in [4.69, 9.17) is 4.74 Å². The Hall–Kier alpha value is -3.56. The van der Waals surface area contributed by atoms with E-state index in [2.05, 4.69) is 161 Å². The van der Waals surface area contributed by atoms with Gasteiger partial charge in [-0.3, -0.25) is 0 Å². The minimum atomic E-state index is -1.32. The molecule has 0 aliphatic carbocycles. The van der Waals surface area contributed by atoms with Gasteiger partial charge in [-0.2, -0.15) is 0 Å². The first-order valence-electron chi connectivity index (χ1n) is 16.4. The predicted octanol–water partition coefficient (Wildman–Crippen LogP) is 9.32. The largest absolute Gasteiger partial charge is 0.456 e. The van der Waals surface area contributed by atoms with Gasteiger partial charge in [-0.1, -0.05) is 156 Å². The molecule has 5 aromatic carbocycles. The highest BCUT2D eigenvalue weighted by Gasteiger charge is 2.39. The van der Waals surface area contributed by atoms with Gasteiger partial charge in [-0.15, -0.1) is 0 Å². The zero-order chi connectivity index (χ0) is 33.6. The molecule has 5 aromatic rings. The van der Waals surface area contributed by atoms with Crippen LogP contribution in [-0.4, -0.2) is 8.96 Å². The summed E-state index contributed by atoms with van der Waals surface area (Å²) in [6.45, 7) is 17.3. The summed E-state index contributed by atoms with van der Waals surface area (Å²) >= 11 is 0. The number of para-hydroxylation sites is 2. The van der Waals surface area contributed by atoms with Crippen molar-refractivity contribution in [3.05, 3.63) is 149 Å². The standard InChI is InChI=1S/C42H46NO2PS/c1-40(2,3)30-27-25-29(26-28-30)37(43-47(44)41(4,5)6)33-21-15-22-34-38(33)45-39-35(42(34,7)8)23-16-24-36(39)46(31-17-11-9-12-18-31)32-19-13-10-14-20-32/h9-28,37,43H,1-8H3/t37-,47-/m1/s1. The van der Waals surface area contributed by atoms with Crippen molar-refractivity contribution >= 4 is 34.8 Å². The van der Waals surface area contributed by atoms with E-state index >= 15 is 0 Å². The Morgan fingerprint density at radius 2 is 1.19 bits per heavy atom. The van der Waals surface area contributed by atoms with Gasteiger partial charge in [0, 0.05) is 27.4 Å². The summed E-state index contributed by atoms with van der Waals surface area (Å²) in [4.78, 5) is 0. The molecule has 0 fully saturated rings. The van der Waals surface area contributed by atoms with Crippen molar-refractivity contribution < 1.29 is 8.95 Å². The lowest BCUT2D eigenvalue weighted by molar-refractivity contribution is 0.413. The summed E-state index contributed by atoms with van der Waals surface area (Å²) in [6, 6.07) is 43.1. The van der Waals surface area contributed by atoms with Gasteiger partial charge in [0.15, 0.2) is 0 Å². The van der Waals surface area contributed by atoms with Gasteiger partial charge in [0.25, 0.3) is 0 Å². The Morgan fingerprint density at radius 1 is 0.660 bits per heavy atom. The summed E-state index contributed by atoms with van der Waals surface area (Å²) in [5.74, 6) is 1.77. The van der Waals surface area contributed by atoms with E-state index in [1.807, 2.05) is 20.8 Å². The third-order valence-corrected chi connectivity index (χ3v) is 13.1. The molecule has 0 amide bonds. The third kappa shape index (κ3) is 6.61. The lowest BCUT2D eigenvalue weighted by atomic mass is 9.74. The van der Waals surface area contributed by atoms with E-state index in [1.54, 1.807) is 0 Å². The zero-order valence-electron chi connectivity index (χ0n) is 28.8. The highest BCUT2D eigenvalue weighted by atomic mass is 32.2. The number of rotatable bonds is 7. The molecule has 1 aliphatic heterocycles. The van der Waals surface area contributed by atoms with Crippen LogP contribution in [0, 0.1) is 0 Å². The second-order valence-electron chi connectivity index (χ2n) is 14.9. The molecule has 3 nitrogen and oxygen atoms in total. The van der Waals surface area contributed by atoms with Gasteiger partial charge in [-0.25, -0.2) is 8.93 Å². The molecule has 0 aromatic heterocycles. The molecular formula is C42H46NO2PS. The lowest BCUT2D eigenvalue weighted by Crippen LogP contribution is -2.37. The van der Waals surface area contributed by atoms with Gasteiger partial charge in [0.2, 0.25) is 0 Å². The summed E-state index contributed by atoms with van der Waals surface area (Å²) in [5, 5.41) is 3.75. The molecule has 0 bridgehead atoms. The van der Waals surface area contributed by atoms with Crippen LogP contribution in [0.5, 0.6) is 11.5 Å². The molecule has 1 N–H and O–H groups in total. The number of nitrogens with one attached hydrogen (secondary N) is 1. The van der Waals surface area contributed by atoms with E-state index in [0.29, 0.717) is 0 Å². The quantitative estimate of drug-likeness (QED) is 0.177. The van der Waals surface area contributed by atoms with Crippen molar-refractivity contribution in [2.75, 3.05) is 0 Å². The Morgan fingerprint density at radius 3 is 1.72 bits per heavy atom. The van der Waals surface area contributed by atoms with Crippen LogP contribution in [-0.2, 0) is 21.8 Å². The normalized spacial score (nSPS) is 15.3. The fourth-order valence-corrected chi connectivity index (χ4v) is 9.52. The van der Waals surface area contributed by atoms with E-state index in [-0.39, 0.29) is 16.9 Å². The van der Waals surface area contributed by atoms with Crippen molar-refractivity contribution in [1.82, 2.24) is 4.72 Å². The second kappa shape index (κ2) is 12.8. The highest BCUT2D eigenvalue weighted by molar-refractivity contribution is 7.84. The first-order valence-corrected chi connectivity index (χ1v) is 18.9. The molecule has 0 spiro atoms. The van der Waals surface area contributed by atoms with Crippen LogP contribution >= 0.6 is 7.92 Å². The molecular weight excluding hydrogens is 614 g/mol. The molecule has 0 saturated carbocycles. The average Bonchev–Trinajstić information content (AvgIpc) is 3.04. The molecule has 1 aliphatic rings. The third-order valence-electron chi connectivity index (χ3n) is 9.06. The van der Waals surface area contributed by atoms with Gasteiger partial charge in [-0.05, 0) is 55.8 Å². The maximum Gasteiger partial charge on any atom is 0.139 e. The van der Waals surface area contributed by atoms with Crippen molar-refractivity contribution in [3.8, 4) is 11.5 Å². The Labute approximate surface area is 285 Å². The van der Waals surface area contributed by atoms with Gasteiger partial charge < -0.3 is 4.74 Å². The SMILES string of the molecule is CC(C)(C)c1ccc([C@@H](N[S@](=O)C(C)(C)C)c2cccc3c2Oc2c(P(c4ccccc4)c4ccccc4)cccc2C3(C)C)cc1. The van der Waals surface area contributed by atoms with Gasteiger partial charge >= 0.3 is 0 Å². The first-order chi connectivity index (χ1) is 22.3. The van der Waals surface area contributed by atoms with Crippen LogP contribution in [0.4, 0.5) is 0 Å².